The van der Waals surface area contributed by atoms with Crippen molar-refractivity contribution in [1.82, 2.24) is 25.1 Å². The van der Waals surface area contributed by atoms with Crippen LogP contribution in [-0.4, -0.2) is 73.8 Å². The van der Waals surface area contributed by atoms with Gasteiger partial charge in [0, 0.05) is 42.7 Å². The van der Waals surface area contributed by atoms with Crippen LogP contribution in [0.15, 0.2) is 60.9 Å². The Balaban J connectivity index is 0.000000402. The molecule has 1 saturated heterocycles. The fourth-order valence-corrected chi connectivity index (χ4v) is 5.61. The number of likely N-dealkylation sites (tertiary alicyclic amines) is 1. The summed E-state index contributed by atoms with van der Waals surface area (Å²) in [5, 5.41) is 10.4. The number of aromatic nitrogens is 4. The number of tetrazole rings is 1. The van der Waals surface area contributed by atoms with Gasteiger partial charge in [-0.3, -0.25) is 14.4 Å². The third-order valence-corrected chi connectivity index (χ3v) is 8.34. The number of carbonyl (C=O) groups excluding carboxylic acids is 4. The van der Waals surface area contributed by atoms with Crippen molar-refractivity contribution in [2.24, 2.45) is 29.6 Å². The van der Waals surface area contributed by atoms with Gasteiger partial charge in [0.1, 0.15) is 35.8 Å². The van der Waals surface area contributed by atoms with Crippen LogP contribution in [0.25, 0.3) is 0 Å². The number of fused-ring (bicyclic) bond motifs is 1. The summed E-state index contributed by atoms with van der Waals surface area (Å²) in [6.07, 6.45) is 1.92. The monoisotopic (exact) mass is 707 g/mol. The lowest BCUT2D eigenvalue weighted by atomic mass is 9.83. The largest absolute Gasteiger partial charge is 0.493 e. The molecule has 5 rings (SSSR count). The maximum absolute atomic E-state index is 12.6. The van der Waals surface area contributed by atoms with Crippen LogP contribution in [0.2, 0.25) is 0 Å². The van der Waals surface area contributed by atoms with Crippen LogP contribution < -0.4 is 4.74 Å². The smallest absolute Gasteiger partial charge is 0.410 e. The third-order valence-electron chi connectivity index (χ3n) is 8.34. The van der Waals surface area contributed by atoms with Gasteiger partial charge in [0.25, 0.3) is 0 Å². The molecule has 3 aromatic rings. The van der Waals surface area contributed by atoms with E-state index >= 15 is 0 Å². The maximum Gasteiger partial charge on any atom is 0.410 e. The molecule has 0 N–H and O–H groups in total. The molecule has 1 aromatic heterocycles. The average Bonchev–Trinajstić information content (AvgIpc) is 3.75. The summed E-state index contributed by atoms with van der Waals surface area (Å²) < 4.78 is 12.5. The lowest BCUT2D eigenvalue weighted by Gasteiger charge is -2.25. The van der Waals surface area contributed by atoms with E-state index in [0.29, 0.717) is 25.5 Å². The van der Waals surface area contributed by atoms with Crippen LogP contribution in [0.4, 0.5) is 4.79 Å². The minimum Gasteiger partial charge on any atom is -0.493 e. The van der Waals surface area contributed by atoms with Crippen LogP contribution in [0.5, 0.6) is 5.75 Å². The number of ketones is 3. The van der Waals surface area contributed by atoms with E-state index in [2.05, 4.69) is 15.5 Å². The Labute approximate surface area is 305 Å². The quantitative estimate of drug-likeness (QED) is 0.233. The summed E-state index contributed by atoms with van der Waals surface area (Å²) in [6, 6.07) is 17.9. The van der Waals surface area contributed by atoms with Crippen LogP contribution in [0, 0.1) is 29.6 Å². The highest BCUT2D eigenvalue weighted by Gasteiger charge is 2.42. The minimum absolute atomic E-state index is 0. The number of hydrogen-bond acceptors (Lipinski definition) is 9. The molecule has 3 heterocycles. The van der Waals surface area contributed by atoms with Gasteiger partial charge >= 0.3 is 6.09 Å². The van der Waals surface area contributed by atoms with E-state index in [-0.39, 0.29) is 74.6 Å². The van der Waals surface area contributed by atoms with Gasteiger partial charge in [-0.05, 0) is 54.8 Å². The van der Waals surface area contributed by atoms with E-state index in [4.69, 9.17) is 9.47 Å². The Morgan fingerprint density at radius 3 is 2.00 bits per heavy atom. The normalized spacial score (nSPS) is 17.7. The number of amides is 1. The predicted molar refractivity (Wildman–Crippen MR) is 200 cm³/mol. The molecule has 0 bridgehead atoms. The molecule has 11 nitrogen and oxygen atoms in total. The SMILES string of the molecule is C.C.CC(C)C(=O)C1COc2ccccc2C1.CC(C)C(=O)Cn1cnnn1.CC(C)C(=O)[C@H]1CN(C(=O)OC(C)(C)C)C[C@@H]1c1ccccc1. The zero-order valence-corrected chi connectivity index (χ0v) is 30.5. The molecule has 2 aromatic carbocycles. The van der Waals surface area contributed by atoms with Crippen LogP contribution >= 0.6 is 0 Å². The van der Waals surface area contributed by atoms with Gasteiger partial charge in [-0.15, -0.1) is 5.10 Å². The van der Waals surface area contributed by atoms with Crippen molar-refractivity contribution in [2.75, 3.05) is 19.7 Å². The Kier molecular flexibility index (Phi) is 17.9. The van der Waals surface area contributed by atoms with E-state index in [0.717, 1.165) is 23.3 Å². The van der Waals surface area contributed by atoms with Crippen molar-refractivity contribution in [1.29, 1.82) is 0 Å². The first-order valence-electron chi connectivity index (χ1n) is 17.1. The van der Waals surface area contributed by atoms with Gasteiger partial charge in [0.15, 0.2) is 5.78 Å². The van der Waals surface area contributed by atoms with Crippen molar-refractivity contribution in [3.05, 3.63) is 72.1 Å². The summed E-state index contributed by atoms with van der Waals surface area (Å²) in [6.45, 7) is 18.8. The molecule has 3 atom stereocenters. The van der Waals surface area contributed by atoms with Crippen LogP contribution in [0.3, 0.4) is 0 Å². The summed E-state index contributed by atoms with van der Waals surface area (Å²) in [5.41, 5.74) is 1.74. The molecule has 0 spiro atoms. The fourth-order valence-electron chi connectivity index (χ4n) is 5.61. The molecule has 1 amide bonds. The number of carbonyl (C=O) groups is 4. The lowest BCUT2D eigenvalue weighted by Crippen LogP contribution is -2.36. The third kappa shape index (κ3) is 13.7. The Morgan fingerprint density at radius 2 is 1.45 bits per heavy atom. The Morgan fingerprint density at radius 1 is 0.843 bits per heavy atom. The van der Waals surface area contributed by atoms with E-state index in [1.807, 2.05) is 117 Å². The molecule has 282 valence electrons. The molecule has 2 aliphatic rings. The standard InChI is InChI=1S/C19H27NO3.C13H16O2.C6H10N4O.2CH4/c1-13(2)17(21)16-12-20(18(22)23-19(3,4)5)11-15(16)14-9-7-6-8-10-14;1-9(2)13(14)11-7-10-5-3-4-6-12(10)15-8-11;1-5(2)6(11)3-10-4-7-8-9-10;;/h6-10,13,15-16H,11-12H2,1-5H3;3-6,9,11H,7-8H2,1-2H3;4-5H,3H2,1-2H3;2*1H4/t15-,16+;;;;/m1..../s1. The van der Waals surface area contributed by atoms with Gasteiger partial charge in [0.2, 0.25) is 0 Å². The first-order chi connectivity index (χ1) is 23.1. The molecule has 1 unspecified atom stereocenters. The molecule has 1 fully saturated rings. The lowest BCUT2D eigenvalue weighted by molar-refractivity contribution is -0.127. The van der Waals surface area contributed by atoms with Crippen LogP contribution in [-0.2, 0) is 32.1 Å². The highest BCUT2D eigenvalue weighted by atomic mass is 16.6. The summed E-state index contributed by atoms with van der Waals surface area (Å²) >= 11 is 0. The Bertz CT molecular complexity index is 1520. The van der Waals surface area contributed by atoms with Gasteiger partial charge in [0.05, 0.1) is 12.5 Å². The van der Waals surface area contributed by atoms with Gasteiger partial charge < -0.3 is 14.4 Å². The second kappa shape index (κ2) is 20.4. The van der Waals surface area contributed by atoms with Crippen molar-refractivity contribution in [3.63, 3.8) is 0 Å². The number of Topliss-reactive ketones (excluding diaryl/α,β-unsaturated/α-hetero) is 3. The Hall–Kier alpha value is -4.41. The molecule has 0 aliphatic carbocycles. The van der Waals surface area contributed by atoms with E-state index < -0.39 is 5.60 Å². The molecule has 51 heavy (non-hydrogen) atoms. The molecule has 11 heteroatoms. The topological polar surface area (TPSA) is 134 Å². The molecule has 0 saturated carbocycles. The second-order valence-corrected chi connectivity index (χ2v) is 14.6. The number of nitrogens with zero attached hydrogens (tertiary/aromatic N) is 5. The molecular weight excluding hydrogens is 646 g/mol. The highest BCUT2D eigenvalue weighted by Crippen LogP contribution is 2.35. The van der Waals surface area contributed by atoms with E-state index in [1.165, 1.54) is 11.0 Å². The molecule has 0 radical (unpaired) electrons. The van der Waals surface area contributed by atoms with Gasteiger partial charge in [-0.1, -0.05) is 105 Å². The van der Waals surface area contributed by atoms with Crippen LogP contribution in [0.1, 0.15) is 94.2 Å². The number of para-hydroxylation sites is 1. The van der Waals surface area contributed by atoms with Crippen molar-refractivity contribution < 1.29 is 28.7 Å². The van der Waals surface area contributed by atoms with Crippen molar-refractivity contribution in [3.8, 4) is 5.75 Å². The molecular formula is C40H61N5O6. The van der Waals surface area contributed by atoms with E-state index in [9.17, 15) is 19.2 Å². The van der Waals surface area contributed by atoms with Crippen molar-refractivity contribution in [2.45, 2.75) is 102 Å². The maximum atomic E-state index is 12.6. The van der Waals surface area contributed by atoms with Crippen molar-refractivity contribution >= 4 is 23.4 Å². The number of rotatable bonds is 8. The van der Waals surface area contributed by atoms with Gasteiger partial charge in [-0.2, -0.15) is 0 Å². The first-order valence-corrected chi connectivity index (χ1v) is 17.1. The fraction of sp³-hybridized carbons (Fsp3) is 0.575. The predicted octanol–water partition coefficient (Wildman–Crippen LogP) is 7.50. The number of ether oxygens (including phenoxy) is 2. The minimum atomic E-state index is -0.528. The average molecular weight is 708 g/mol. The van der Waals surface area contributed by atoms with E-state index in [1.54, 1.807) is 4.90 Å². The zero-order chi connectivity index (χ0) is 36.3. The first kappa shape index (κ1) is 44.6. The number of benzene rings is 2. The zero-order valence-electron chi connectivity index (χ0n) is 30.5. The summed E-state index contributed by atoms with van der Waals surface area (Å²) in [7, 11) is 0. The summed E-state index contributed by atoms with van der Waals surface area (Å²) in [4.78, 5) is 49.6. The summed E-state index contributed by atoms with van der Waals surface area (Å²) in [5.74, 6) is 1.62. The number of hydrogen-bond donors (Lipinski definition) is 0. The second-order valence-electron chi connectivity index (χ2n) is 14.6. The van der Waals surface area contributed by atoms with Gasteiger partial charge in [-0.25, -0.2) is 9.48 Å². The highest BCUT2D eigenvalue weighted by molar-refractivity contribution is 5.85. The molecule has 2 aliphatic heterocycles.